The molecule has 2 heterocycles. The van der Waals surface area contributed by atoms with Gasteiger partial charge in [-0.3, -0.25) is 9.59 Å². The van der Waals surface area contributed by atoms with E-state index >= 15 is 0 Å². The number of nitriles is 1. The first-order chi connectivity index (χ1) is 16.1. The summed E-state index contributed by atoms with van der Waals surface area (Å²) in [5.74, 6) is 0.589. The van der Waals surface area contributed by atoms with Crippen LogP contribution < -0.4 is 10.3 Å². The number of nitrogens with one attached hydrogen (secondary N) is 1. The Labute approximate surface area is 194 Å². The van der Waals surface area contributed by atoms with Crippen LogP contribution in [-0.2, 0) is 24.4 Å². The number of fused-ring (bicyclic) bond motifs is 1. The molecule has 0 aliphatic rings. The van der Waals surface area contributed by atoms with Crippen molar-refractivity contribution >= 4 is 27.3 Å². The first-order valence-electron chi connectivity index (χ1n) is 10.3. The molecule has 1 N–H and O–H groups in total. The molecule has 0 unspecified atom stereocenters. The topological polar surface area (TPSA) is 105 Å². The molecule has 0 atom stereocenters. The van der Waals surface area contributed by atoms with Gasteiger partial charge in [-0.1, -0.05) is 24.3 Å². The number of hydrogen-bond acceptors (Lipinski definition) is 7. The first kappa shape index (κ1) is 22.4. The van der Waals surface area contributed by atoms with Gasteiger partial charge in [0, 0.05) is 12.0 Å². The second-order valence-corrected chi connectivity index (χ2v) is 8.29. The van der Waals surface area contributed by atoms with Crippen molar-refractivity contribution in [2.45, 2.75) is 26.1 Å². The van der Waals surface area contributed by atoms with Crippen LogP contribution in [0.15, 0.2) is 58.7 Å². The molecule has 33 heavy (non-hydrogen) atoms. The highest BCUT2D eigenvalue weighted by molar-refractivity contribution is 7.16. The number of aromatic nitrogens is 2. The molecule has 4 rings (SSSR count). The van der Waals surface area contributed by atoms with Crippen LogP contribution in [0.3, 0.4) is 0 Å². The maximum absolute atomic E-state index is 12.7. The van der Waals surface area contributed by atoms with Gasteiger partial charge >= 0.3 is 0 Å². The lowest BCUT2D eigenvalue weighted by Crippen LogP contribution is -2.16. The van der Waals surface area contributed by atoms with Crippen molar-refractivity contribution in [3.63, 3.8) is 0 Å². The number of aromatic amines is 1. The number of carbonyl (C=O) groups is 1. The quantitative estimate of drug-likeness (QED) is 0.372. The van der Waals surface area contributed by atoms with Crippen molar-refractivity contribution in [3.8, 4) is 11.8 Å². The molecule has 4 aromatic rings. The molecule has 8 heteroatoms. The third kappa shape index (κ3) is 5.34. The first-order valence-corrected chi connectivity index (χ1v) is 11.2. The highest BCUT2D eigenvalue weighted by Crippen LogP contribution is 2.23. The van der Waals surface area contributed by atoms with Crippen molar-refractivity contribution in [2.75, 3.05) is 7.11 Å². The van der Waals surface area contributed by atoms with Gasteiger partial charge in [-0.15, -0.1) is 11.3 Å². The number of aryl methyl sites for hydroxylation is 1. The Hall–Kier alpha value is -3.80. The summed E-state index contributed by atoms with van der Waals surface area (Å²) in [5, 5.41) is 11.1. The zero-order valence-electron chi connectivity index (χ0n) is 18.0. The van der Waals surface area contributed by atoms with E-state index in [4.69, 9.17) is 14.7 Å². The normalized spacial score (nSPS) is 10.8. The van der Waals surface area contributed by atoms with Crippen LogP contribution in [-0.4, -0.2) is 22.9 Å². The molecule has 166 valence electrons. The molecule has 0 saturated heterocycles. The van der Waals surface area contributed by atoms with Crippen molar-refractivity contribution < 1.29 is 14.3 Å². The van der Waals surface area contributed by atoms with Crippen LogP contribution in [0.1, 0.15) is 39.3 Å². The monoisotopic (exact) mass is 459 g/mol. The molecule has 7 nitrogen and oxygen atoms in total. The molecule has 0 spiro atoms. The van der Waals surface area contributed by atoms with E-state index in [0.717, 1.165) is 22.4 Å². The summed E-state index contributed by atoms with van der Waals surface area (Å²) in [6, 6.07) is 16.8. The van der Waals surface area contributed by atoms with Gasteiger partial charge in [-0.05, 0) is 47.2 Å². The Bertz CT molecular complexity index is 1380. The Morgan fingerprint density at radius 3 is 2.73 bits per heavy atom. The molecule has 0 aliphatic carbocycles. The lowest BCUT2D eigenvalue weighted by molar-refractivity contribution is 0.0973. The van der Waals surface area contributed by atoms with Crippen molar-refractivity contribution in [2.24, 2.45) is 0 Å². The van der Waals surface area contributed by atoms with E-state index in [-0.39, 0.29) is 30.2 Å². The smallest absolute Gasteiger partial charge is 0.260 e. The molecule has 0 radical (unpaired) electrons. The Kier molecular flexibility index (Phi) is 6.93. The molecular weight excluding hydrogens is 438 g/mol. The minimum absolute atomic E-state index is 0.0716. The van der Waals surface area contributed by atoms with Crippen LogP contribution >= 0.6 is 11.3 Å². The standard InChI is InChI=1S/C25H21N3O4S/c1-31-20-4-2-3-16(11-20)9-10-21(29)23-27-24(30)22-19(15-33-25(22)28-23)14-32-13-18-7-5-17(12-26)6-8-18/h2-8,11,15H,9-10,13-14H2,1H3,(H,27,28,30). The summed E-state index contributed by atoms with van der Waals surface area (Å²) < 4.78 is 11.0. The highest BCUT2D eigenvalue weighted by atomic mass is 32.1. The average Bonchev–Trinajstić information content (AvgIpc) is 3.26. The fourth-order valence-corrected chi connectivity index (χ4v) is 4.33. The molecule has 0 amide bonds. The van der Waals surface area contributed by atoms with E-state index in [1.807, 2.05) is 41.8 Å². The van der Waals surface area contributed by atoms with Gasteiger partial charge in [-0.2, -0.15) is 5.26 Å². The zero-order chi connectivity index (χ0) is 23.2. The second-order valence-electron chi connectivity index (χ2n) is 7.43. The number of carbonyl (C=O) groups excluding carboxylic acids is 1. The number of methoxy groups -OCH3 is 1. The minimum atomic E-state index is -0.344. The number of Topliss-reactive ketones (excluding diaryl/α,β-unsaturated/α-hetero) is 1. The summed E-state index contributed by atoms with van der Waals surface area (Å²) in [6.07, 6.45) is 0.754. The molecule has 0 saturated carbocycles. The summed E-state index contributed by atoms with van der Waals surface area (Å²) >= 11 is 1.31. The van der Waals surface area contributed by atoms with Crippen molar-refractivity contribution in [3.05, 3.63) is 92.3 Å². The van der Waals surface area contributed by atoms with Crippen LogP contribution in [0, 0.1) is 11.3 Å². The van der Waals surface area contributed by atoms with Gasteiger partial charge in [0.25, 0.3) is 5.56 Å². The average molecular weight is 460 g/mol. The highest BCUT2D eigenvalue weighted by Gasteiger charge is 2.16. The Morgan fingerprint density at radius 1 is 1.15 bits per heavy atom. The number of H-pyrrole nitrogens is 1. The van der Waals surface area contributed by atoms with E-state index < -0.39 is 0 Å². The molecule has 2 aromatic heterocycles. The molecular formula is C25H21N3O4S. The van der Waals surface area contributed by atoms with Gasteiger partial charge in [-0.25, -0.2) is 4.98 Å². The van der Waals surface area contributed by atoms with Crippen LogP contribution in [0.2, 0.25) is 0 Å². The molecule has 2 aromatic carbocycles. The zero-order valence-corrected chi connectivity index (χ0v) is 18.8. The van der Waals surface area contributed by atoms with E-state index in [9.17, 15) is 9.59 Å². The predicted octanol–water partition coefficient (Wildman–Crippen LogP) is 4.40. The summed E-state index contributed by atoms with van der Waals surface area (Å²) in [4.78, 5) is 32.9. The number of ether oxygens (including phenoxy) is 2. The van der Waals surface area contributed by atoms with Gasteiger partial charge in [0.05, 0.1) is 37.3 Å². The number of hydrogen-bond donors (Lipinski definition) is 1. The van der Waals surface area contributed by atoms with E-state index in [0.29, 0.717) is 28.8 Å². The maximum Gasteiger partial charge on any atom is 0.260 e. The van der Waals surface area contributed by atoms with Gasteiger partial charge in [0.15, 0.2) is 11.6 Å². The summed E-state index contributed by atoms with van der Waals surface area (Å²) in [6.45, 7) is 0.600. The van der Waals surface area contributed by atoms with Crippen molar-refractivity contribution in [1.82, 2.24) is 9.97 Å². The van der Waals surface area contributed by atoms with Gasteiger partial charge < -0.3 is 14.5 Å². The predicted molar refractivity (Wildman–Crippen MR) is 126 cm³/mol. The lowest BCUT2D eigenvalue weighted by atomic mass is 10.1. The third-order valence-corrected chi connectivity index (χ3v) is 6.09. The van der Waals surface area contributed by atoms with Crippen LogP contribution in [0.25, 0.3) is 10.2 Å². The van der Waals surface area contributed by atoms with Crippen LogP contribution in [0.4, 0.5) is 0 Å². The minimum Gasteiger partial charge on any atom is -0.497 e. The largest absolute Gasteiger partial charge is 0.497 e. The van der Waals surface area contributed by atoms with Gasteiger partial charge in [0.2, 0.25) is 0 Å². The van der Waals surface area contributed by atoms with E-state index in [1.165, 1.54) is 11.3 Å². The molecule has 0 aliphatic heterocycles. The Morgan fingerprint density at radius 2 is 1.97 bits per heavy atom. The maximum atomic E-state index is 12.7. The number of benzene rings is 2. The van der Waals surface area contributed by atoms with Crippen molar-refractivity contribution in [1.29, 1.82) is 5.26 Å². The fourth-order valence-electron chi connectivity index (χ4n) is 3.40. The molecule has 0 fully saturated rings. The molecule has 0 bridgehead atoms. The lowest BCUT2D eigenvalue weighted by Gasteiger charge is -2.05. The second kappa shape index (κ2) is 10.2. The van der Waals surface area contributed by atoms with Gasteiger partial charge in [0.1, 0.15) is 10.6 Å². The SMILES string of the molecule is COc1cccc(CCC(=O)c2nc3scc(COCc4ccc(C#N)cc4)c3c(=O)[nH]2)c1. The third-order valence-electron chi connectivity index (χ3n) is 5.17. The Balaban J connectivity index is 1.41. The van der Waals surface area contributed by atoms with E-state index in [1.54, 1.807) is 19.2 Å². The number of rotatable bonds is 9. The van der Waals surface area contributed by atoms with Crippen LogP contribution in [0.5, 0.6) is 5.75 Å². The van der Waals surface area contributed by atoms with E-state index in [2.05, 4.69) is 16.0 Å². The fraction of sp³-hybridized carbons (Fsp3) is 0.200. The number of ketones is 1. The number of thiophene rings is 1. The number of nitrogens with zero attached hydrogens (tertiary/aromatic N) is 2. The summed E-state index contributed by atoms with van der Waals surface area (Å²) in [7, 11) is 1.60. The summed E-state index contributed by atoms with van der Waals surface area (Å²) in [5.41, 5.74) is 2.89.